The third-order valence-corrected chi connectivity index (χ3v) is 9.35. The Balaban J connectivity index is 1.30. The van der Waals surface area contributed by atoms with Crippen LogP contribution in [0.4, 0.5) is 34.1 Å². The van der Waals surface area contributed by atoms with Crippen LogP contribution in [0.2, 0.25) is 0 Å². The Hall–Kier alpha value is -5.72. The molecule has 0 saturated heterocycles. The molecule has 0 spiro atoms. The SMILES string of the molecule is CSc1cc(-c2ccc(/N=N/c3cc(C(=O)O)c4ccccc4c3N)c(SC)c2)ccc1/N=N/c1cc(C(=O)O)c2ccccc2c1N. The second kappa shape index (κ2) is 13.6. The van der Waals surface area contributed by atoms with Crippen LogP contribution in [0.15, 0.2) is 127 Å². The van der Waals surface area contributed by atoms with Crippen LogP contribution in [0, 0.1) is 0 Å². The standard InChI is InChI=1S/C36H28N6O4S2/c1-47-31-15-19(11-13-27(31)39-41-29-17-25(35(43)44)21-7-3-5-9-23(21)33(29)37)20-12-14-28(32(16-20)48-2)40-42-30-18-26(36(45)46)22-8-4-6-10-24(22)34(30)38/h3-18H,37-38H2,1-2H3,(H,43,44)(H,45,46)/b41-39+,42-40+. The number of azo groups is 2. The van der Waals surface area contributed by atoms with Crippen LogP contribution < -0.4 is 11.5 Å². The Labute approximate surface area is 283 Å². The van der Waals surface area contributed by atoms with Gasteiger partial charge in [-0.2, -0.15) is 0 Å². The van der Waals surface area contributed by atoms with Crippen molar-refractivity contribution in [2.24, 2.45) is 20.5 Å². The Kier molecular flexibility index (Phi) is 9.10. The van der Waals surface area contributed by atoms with E-state index < -0.39 is 11.9 Å². The lowest BCUT2D eigenvalue weighted by atomic mass is 10.0. The monoisotopic (exact) mass is 672 g/mol. The van der Waals surface area contributed by atoms with E-state index in [-0.39, 0.29) is 22.5 Å². The Morgan fingerprint density at radius 1 is 0.521 bits per heavy atom. The quantitative estimate of drug-likeness (QED) is 0.0666. The molecule has 0 fully saturated rings. The third kappa shape index (κ3) is 6.18. The zero-order valence-electron chi connectivity index (χ0n) is 25.7. The number of carboxylic acids is 2. The molecule has 0 aromatic heterocycles. The molecule has 48 heavy (non-hydrogen) atoms. The summed E-state index contributed by atoms with van der Waals surface area (Å²) in [5.41, 5.74) is 17.3. The summed E-state index contributed by atoms with van der Waals surface area (Å²) in [5.74, 6) is -2.14. The molecule has 0 aliphatic carbocycles. The maximum absolute atomic E-state index is 11.9. The van der Waals surface area contributed by atoms with Gasteiger partial charge in [-0.25, -0.2) is 9.59 Å². The topological polar surface area (TPSA) is 176 Å². The van der Waals surface area contributed by atoms with E-state index in [2.05, 4.69) is 20.5 Å². The number of nitrogen functional groups attached to an aromatic ring is 2. The number of carboxylic acid groups (broad SMARTS) is 2. The highest BCUT2D eigenvalue weighted by atomic mass is 32.2. The van der Waals surface area contributed by atoms with Crippen LogP contribution in [0.1, 0.15) is 20.7 Å². The molecule has 6 aromatic carbocycles. The van der Waals surface area contributed by atoms with Crippen molar-refractivity contribution < 1.29 is 19.8 Å². The van der Waals surface area contributed by atoms with Crippen molar-refractivity contribution >= 4 is 91.1 Å². The number of rotatable bonds is 9. The van der Waals surface area contributed by atoms with Crippen LogP contribution in [-0.4, -0.2) is 34.7 Å². The maximum Gasteiger partial charge on any atom is 0.336 e. The molecule has 238 valence electrons. The maximum atomic E-state index is 11.9. The summed E-state index contributed by atoms with van der Waals surface area (Å²) in [6, 6.07) is 28.6. The highest BCUT2D eigenvalue weighted by Gasteiger charge is 2.16. The highest BCUT2D eigenvalue weighted by Crippen LogP contribution is 2.40. The van der Waals surface area contributed by atoms with Gasteiger partial charge in [-0.1, -0.05) is 60.7 Å². The van der Waals surface area contributed by atoms with Crippen LogP contribution in [0.3, 0.4) is 0 Å². The molecule has 6 rings (SSSR count). The summed E-state index contributed by atoms with van der Waals surface area (Å²) in [5, 5.41) is 39.4. The number of benzene rings is 6. The van der Waals surface area contributed by atoms with E-state index in [9.17, 15) is 19.8 Å². The largest absolute Gasteiger partial charge is 0.478 e. The first-order valence-electron chi connectivity index (χ1n) is 14.5. The molecule has 0 unspecified atom stereocenters. The minimum atomic E-state index is -1.07. The van der Waals surface area contributed by atoms with Gasteiger partial charge in [0.05, 0.1) is 33.9 Å². The molecule has 0 bridgehead atoms. The van der Waals surface area contributed by atoms with Gasteiger partial charge in [0, 0.05) is 20.6 Å². The molecule has 0 atom stereocenters. The van der Waals surface area contributed by atoms with Gasteiger partial charge in [-0.3, -0.25) is 0 Å². The van der Waals surface area contributed by atoms with Gasteiger partial charge in [0.25, 0.3) is 0 Å². The molecular weight excluding hydrogens is 645 g/mol. The second-order valence-corrected chi connectivity index (χ2v) is 12.3. The average Bonchev–Trinajstić information content (AvgIpc) is 3.10. The van der Waals surface area contributed by atoms with Crippen molar-refractivity contribution in [2.45, 2.75) is 9.79 Å². The van der Waals surface area contributed by atoms with Crippen molar-refractivity contribution in [3.63, 3.8) is 0 Å². The van der Waals surface area contributed by atoms with E-state index in [1.54, 1.807) is 48.5 Å². The fourth-order valence-corrected chi connectivity index (χ4v) is 6.51. The van der Waals surface area contributed by atoms with Gasteiger partial charge in [-0.15, -0.1) is 44.0 Å². The second-order valence-electron chi connectivity index (χ2n) is 10.6. The van der Waals surface area contributed by atoms with E-state index in [1.165, 1.54) is 35.7 Å². The Morgan fingerprint density at radius 3 is 1.23 bits per heavy atom. The van der Waals surface area contributed by atoms with Crippen molar-refractivity contribution in [2.75, 3.05) is 24.0 Å². The Bertz CT molecular complexity index is 2160. The normalized spacial score (nSPS) is 11.6. The molecule has 0 saturated carbocycles. The fraction of sp³-hybridized carbons (Fsp3) is 0.0556. The number of hydrogen-bond acceptors (Lipinski definition) is 10. The number of nitrogens with two attached hydrogens (primary N) is 2. The number of nitrogens with zero attached hydrogens (tertiary/aromatic N) is 4. The van der Waals surface area contributed by atoms with Gasteiger partial charge in [0.1, 0.15) is 11.4 Å². The molecule has 0 aliphatic rings. The van der Waals surface area contributed by atoms with Gasteiger partial charge in [0.2, 0.25) is 0 Å². The predicted octanol–water partition coefficient (Wildman–Crippen LogP) is 10.5. The first-order valence-corrected chi connectivity index (χ1v) is 16.9. The summed E-state index contributed by atoms with van der Waals surface area (Å²) >= 11 is 3.01. The van der Waals surface area contributed by atoms with Gasteiger partial charge in [0.15, 0.2) is 0 Å². The molecule has 10 nitrogen and oxygen atoms in total. The molecular formula is C36H28N6O4S2. The lowest BCUT2D eigenvalue weighted by Gasteiger charge is -2.11. The number of aromatic carboxylic acids is 2. The first-order chi connectivity index (χ1) is 23.2. The molecule has 6 N–H and O–H groups in total. The van der Waals surface area contributed by atoms with Gasteiger partial charge >= 0.3 is 11.9 Å². The van der Waals surface area contributed by atoms with E-state index >= 15 is 0 Å². The van der Waals surface area contributed by atoms with E-state index in [0.717, 1.165) is 20.9 Å². The third-order valence-electron chi connectivity index (χ3n) is 7.81. The van der Waals surface area contributed by atoms with Crippen LogP contribution in [-0.2, 0) is 0 Å². The summed E-state index contributed by atoms with van der Waals surface area (Å²) in [7, 11) is 0. The average molecular weight is 673 g/mol. The summed E-state index contributed by atoms with van der Waals surface area (Å²) in [4.78, 5) is 25.6. The molecule has 0 heterocycles. The molecule has 0 amide bonds. The van der Waals surface area contributed by atoms with Crippen LogP contribution >= 0.6 is 23.5 Å². The first kappa shape index (κ1) is 32.2. The summed E-state index contributed by atoms with van der Waals surface area (Å²) in [6.45, 7) is 0. The lowest BCUT2D eigenvalue weighted by molar-refractivity contribution is 0.0688. The predicted molar refractivity (Wildman–Crippen MR) is 194 cm³/mol. The zero-order valence-corrected chi connectivity index (χ0v) is 27.3. The molecule has 12 heteroatoms. The van der Waals surface area contributed by atoms with E-state index in [4.69, 9.17) is 11.5 Å². The molecule has 0 aliphatic heterocycles. The molecule has 6 aromatic rings. The minimum Gasteiger partial charge on any atom is -0.478 e. The smallest absolute Gasteiger partial charge is 0.336 e. The highest BCUT2D eigenvalue weighted by molar-refractivity contribution is 7.99. The zero-order chi connectivity index (χ0) is 33.9. The van der Waals surface area contributed by atoms with E-state index in [1.807, 2.05) is 48.9 Å². The van der Waals surface area contributed by atoms with Crippen molar-refractivity contribution in [1.29, 1.82) is 0 Å². The van der Waals surface area contributed by atoms with Crippen LogP contribution in [0.25, 0.3) is 32.7 Å². The number of fused-ring (bicyclic) bond motifs is 2. The number of hydrogen-bond donors (Lipinski definition) is 4. The Morgan fingerprint density at radius 2 is 0.875 bits per heavy atom. The molecule has 0 radical (unpaired) electrons. The minimum absolute atomic E-state index is 0.104. The van der Waals surface area contributed by atoms with Gasteiger partial charge in [-0.05, 0) is 70.8 Å². The van der Waals surface area contributed by atoms with Crippen molar-refractivity contribution in [3.8, 4) is 11.1 Å². The van der Waals surface area contributed by atoms with E-state index in [0.29, 0.717) is 44.3 Å². The number of thioether (sulfide) groups is 2. The number of carbonyl (C=O) groups is 2. The fourth-order valence-electron chi connectivity index (χ4n) is 5.38. The summed E-state index contributed by atoms with van der Waals surface area (Å²) < 4.78 is 0. The van der Waals surface area contributed by atoms with Crippen molar-refractivity contribution in [3.05, 3.63) is 108 Å². The van der Waals surface area contributed by atoms with Gasteiger partial charge < -0.3 is 21.7 Å². The summed E-state index contributed by atoms with van der Waals surface area (Å²) in [6.07, 6.45) is 3.88. The lowest BCUT2D eigenvalue weighted by Crippen LogP contribution is -1.99. The number of anilines is 2. The van der Waals surface area contributed by atoms with Crippen LogP contribution in [0.5, 0.6) is 0 Å². The van der Waals surface area contributed by atoms with Crippen molar-refractivity contribution in [1.82, 2.24) is 0 Å².